The lowest BCUT2D eigenvalue weighted by molar-refractivity contribution is -0.139. The average molecular weight is 319 g/mol. The predicted octanol–water partition coefficient (Wildman–Crippen LogP) is 2.39. The quantitative estimate of drug-likeness (QED) is 0.858. The summed E-state index contributed by atoms with van der Waals surface area (Å²) in [6.07, 6.45) is 2.22. The van der Waals surface area contributed by atoms with Gasteiger partial charge >= 0.3 is 0 Å². The molecule has 5 heteroatoms. The Kier molecular flexibility index (Phi) is 3.73. The van der Waals surface area contributed by atoms with E-state index >= 15 is 0 Å². The number of carbonyl (C=O) groups is 1. The molecule has 0 bridgehead atoms. The van der Waals surface area contributed by atoms with E-state index in [1.807, 2.05) is 0 Å². The fourth-order valence-electron chi connectivity index (χ4n) is 4.47. The number of rotatable bonds is 3. The van der Waals surface area contributed by atoms with E-state index in [0.29, 0.717) is 23.7 Å². The lowest BCUT2D eigenvalue weighted by Crippen LogP contribution is -2.41. The number of aromatic nitrogens is 1. The van der Waals surface area contributed by atoms with Crippen molar-refractivity contribution in [3.05, 3.63) is 16.1 Å². The monoisotopic (exact) mass is 319 g/mol. The van der Waals surface area contributed by atoms with Gasteiger partial charge in [-0.15, -0.1) is 11.3 Å². The number of likely N-dealkylation sites (tertiary alicyclic amines) is 2. The van der Waals surface area contributed by atoms with Crippen LogP contribution in [0.5, 0.6) is 0 Å². The minimum absolute atomic E-state index is 0.336. The van der Waals surface area contributed by atoms with Crippen molar-refractivity contribution in [2.24, 2.45) is 23.7 Å². The highest BCUT2D eigenvalue weighted by Gasteiger charge is 2.44. The van der Waals surface area contributed by atoms with Crippen molar-refractivity contribution < 1.29 is 4.79 Å². The van der Waals surface area contributed by atoms with E-state index < -0.39 is 0 Å². The van der Waals surface area contributed by atoms with E-state index in [4.69, 9.17) is 0 Å². The lowest BCUT2D eigenvalue weighted by Gasteiger charge is -2.34. The third kappa shape index (κ3) is 2.69. The van der Waals surface area contributed by atoms with E-state index in [-0.39, 0.29) is 0 Å². The summed E-state index contributed by atoms with van der Waals surface area (Å²) in [5.41, 5.74) is 1.21. The molecule has 1 amide bonds. The number of aryl methyl sites for hydroxylation is 1. The number of fused-ring (bicyclic) bond motifs is 1. The fourth-order valence-corrected chi connectivity index (χ4v) is 5.08. The zero-order valence-corrected chi connectivity index (χ0v) is 14.3. The molecule has 1 aliphatic carbocycles. The summed E-state index contributed by atoms with van der Waals surface area (Å²) >= 11 is 1.73. The van der Waals surface area contributed by atoms with Crippen molar-refractivity contribution in [3.63, 3.8) is 0 Å². The molecule has 3 fully saturated rings. The zero-order chi connectivity index (χ0) is 15.3. The minimum atomic E-state index is 0.336. The van der Waals surface area contributed by atoms with Gasteiger partial charge in [-0.1, -0.05) is 6.92 Å². The van der Waals surface area contributed by atoms with Crippen LogP contribution in [0.2, 0.25) is 0 Å². The molecule has 3 heterocycles. The van der Waals surface area contributed by atoms with Crippen LogP contribution in [-0.4, -0.2) is 46.9 Å². The van der Waals surface area contributed by atoms with Gasteiger partial charge in [-0.2, -0.15) is 0 Å². The average Bonchev–Trinajstić information content (AvgIpc) is 3.09. The lowest BCUT2D eigenvalue weighted by atomic mass is 9.75. The van der Waals surface area contributed by atoms with Crippen LogP contribution in [-0.2, 0) is 11.3 Å². The number of amides is 1. The third-order valence-corrected chi connectivity index (χ3v) is 6.47. The van der Waals surface area contributed by atoms with Gasteiger partial charge in [0.05, 0.1) is 10.7 Å². The molecule has 4 nitrogen and oxygen atoms in total. The minimum Gasteiger partial charge on any atom is -0.342 e. The molecule has 0 N–H and O–H groups in total. The Morgan fingerprint density at radius 2 is 1.95 bits per heavy atom. The maximum atomic E-state index is 12.5. The Hall–Kier alpha value is -0.940. The van der Waals surface area contributed by atoms with Crippen molar-refractivity contribution >= 4 is 17.2 Å². The smallest absolute Gasteiger partial charge is 0.225 e. The highest BCUT2D eigenvalue weighted by molar-refractivity contribution is 7.09. The van der Waals surface area contributed by atoms with Crippen LogP contribution in [0.25, 0.3) is 0 Å². The van der Waals surface area contributed by atoms with Gasteiger partial charge in [0.25, 0.3) is 0 Å². The summed E-state index contributed by atoms with van der Waals surface area (Å²) in [7, 11) is 0. The maximum absolute atomic E-state index is 12.5. The molecule has 1 saturated carbocycles. The van der Waals surface area contributed by atoms with Gasteiger partial charge in [0, 0.05) is 44.0 Å². The molecular formula is C17H25N3OS. The van der Waals surface area contributed by atoms with Gasteiger partial charge in [-0.25, -0.2) is 4.98 Å². The molecule has 22 heavy (non-hydrogen) atoms. The molecule has 2 unspecified atom stereocenters. The van der Waals surface area contributed by atoms with Crippen LogP contribution < -0.4 is 0 Å². The van der Waals surface area contributed by atoms with E-state index in [1.165, 1.54) is 5.69 Å². The first-order chi connectivity index (χ1) is 10.6. The van der Waals surface area contributed by atoms with Crippen molar-refractivity contribution in [2.45, 2.75) is 33.2 Å². The Bertz CT molecular complexity index is 552. The Balaban J connectivity index is 1.30. The van der Waals surface area contributed by atoms with Gasteiger partial charge in [0.1, 0.15) is 0 Å². The standard InChI is InChI=1S/C17H25N3OS/c1-11-3-13(4-11)17(21)20-7-14-5-19(6-15(14)8-20)9-16-10-22-12(2)18-16/h10-11,13-15H,3-9H2,1-2H3. The van der Waals surface area contributed by atoms with E-state index in [1.54, 1.807) is 11.3 Å². The zero-order valence-electron chi connectivity index (χ0n) is 13.5. The molecule has 1 aromatic heterocycles. The van der Waals surface area contributed by atoms with E-state index in [9.17, 15) is 4.79 Å². The molecule has 2 atom stereocenters. The molecule has 120 valence electrons. The first kappa shape index (κ1) is 14.6. The molecule has 0 aromatic carbocycles. The van der Waals surface area contributed by atoms with Crippen LogP contribution in [0.1, 0.15) is 30.5 Å². The highest BCUT2D eigenvalue weighted by atomic mass is 32.1. The van der Waals surface area contributed by atoms with Crippen LogP contribution >= 0.6 is 11.3 Å². The van der Waals surface area contributed by atoms with Gasteiger partial charge < -0.3 is 4.90 Å². The van der Waals surface area contributed by atoms with E-state index in [2.05, 4.69) is 34.0 Å². The number of thiazole rings is 1. The predicted molar refractivity (Wildman–Crippen MR) is 87.6 cm³/mol. The van der Waals surface area contributed by atoms with Crippen molar-refractivity contribution in [2.75, 3.05) is 26.2 Å². The normalized spacial score (nSPS) is 34.7. The van der Waals surface area contributed by atoms with Gasteiger partial charge in [0.2, 0.25) is 5.91 Å². The second-order valence-electron chi connectivity index (χ2n) is 7.59. The number of nitrogens with zero attached hydrogens (tertiary/aromatic N) is 3. The summed E-state index contributed by atoms with van der Waals surface area (Å²) in [5, 5.41) is 3.33. The molecule has 4 rings (SSSR count). The molecule has 2 saturated heterocycles. The van der Waals surface area contributed by atoms with Crippen molar-refractivity contribution in [3.8, 4) is 0 Å². The second kappa shape index (κ2) is 5.60. The van der Waals surface area contributed by atoms with Gasteiger partial charge in [-0.05, 0) is 37.5 Å². The molecule has 0 radical (unpaired) electrons. The Labute approximate surface area is 136 Å². The number of carbonyl (C=O) groups excluding carboxylic acids is 1. The highest BCUT2D eigenvalue weighted by Crippen LogP contribution is 2.38. The van der Waals surface area contributed by atoms with Gasteiger partial charge in [-0.3, -0.25) is 9.69 Å². The molecule has 0 spiro atoms. The first-order valence-corrected chi connectivity index (χ1v) is 9.38. The summed E-state index contributed by atoms with van der Waals surface area (Å²) in [6.45, 7) is 9.53. The summed E-state index contributed by atoms with van der Waals surface area (Å²) in [4.78, 5) is 21.7. The van der Waals surface area contributed by atoms with Crippen LogP contribution in [0.15, 0.2) is 5.38 Å². The van der Waals surface area contributed by atoms with Crippen molar-refractivity contribution in [1.29, 1.82) is 0 Å². The summed E-state index contributed by atoms with van der Waals surface area (Å²) < 4.78 is 0. The summed E-state index contributed by atoms with van der Waals surface area (Å²) in [5.74, 6) is 2.90. The van der Waals surface area contributed by atoms with Crippen LogP contribution in [0, 0.1) is 30.6 Å². The largest absolute Gasteiger partial charge is 0.342 e. The second-order valence-corrected chi connectivity index (χ2v) is 8.65. The molecule has 2 aliphatic heterocycles. The maximum Gasteiger partial charge on any atom is 0.225 e. The topological polar surface area (TPSA) is 36.4 Å². The Morgan fingerprint density at radius 1 is 1.27 bits per heavy atom. The SMILES string of the molecule is Cc1nc(CN2CC3CN(C(=O)C4CC(C)C4)CC3C2)cs1. The summed E-state index contributed by atoms with van der Waals surface area (Å²) in [6, 6.07) is 0. The number of hydrogen-bond acceptors (Lipinski definition) is 4. The third-order valence-electron chi connectivity index (χ3n) is 5.65. The van der Waals surface area contributed by atoms with Crippen LogP contribution in [0.4, 0.5) is 0 Å². The number of hydrogen-bond donors (Lipinski definition) is 0. The fraction of sp³-hybridized carbons (Fsp3) is 0.765. The Morgan fingerprint density at radius 3 is 2.50 bits per heavy atom. The first-order valence-electron chi connectivity index (χ1n) is 8.50. The van der Waals surface area contributed by atoms with E-state index in [0.717, 1.165) is 56.5 Å². The van der Waals surface area contributed by atoms with Crippen molar-refractivity contribution in [1.82, 2.24) is 14.8 Å². The molecule has 3 aliphatic rings. The van der Waals surface area contributed by atoms with Crippen LogP contribution in [0.3, 0.4) is 0 Å². The molecular weight excluding hydrogens is 294 g/mol. The van der Waals surface area contributed by atoms with Gasteiger partial charge in [0.15, 0.2) is 0 Å². The molecule has 1 aromatic rings.